The van der Waals surface area contributed by atoms with Crippen LogP contribution >= 0.6 is 11.3 Å². The number of nitrogens with one attached hydrogen (secondary N) is 2. The predicted octanol–water partition coefficient (Wildman–Crippen LogP) is 1.90. The number of thiazole rings is 1. The lowest BCUT2D eigenvalue weighted by atomic mass is 10.2. The molecule has 0 aliphatic rings. The fourth-order valence-electron chi connectivity index (χ4n) is 1.50. The molecule has 19 heavy (non-hydrogen) atoms. The van der Waals surface area contributed by atoms with Crippen molar-refractivity contribution in [1.82, 2.24) is 15.6 Å². The summed E-state index contributed by atoms with van der Waals surface area (Å²) in [5.41, 5.74) is 0. The fourth-order valence-corrected chi connectivity index (χ4v) is 2.23. The molecule has 0 aliphatic heterocycles. The standard InChI is InChI=1S/C12H19N3O3S/c1-9-14-7-10(19-9)8-15-12(18)13-6-4-2-3-5-11(16)17/h7H,2-6,8H2,1H3,(H,16,17)(H2,13,15,18). The Balaban J connectivity index is 2.00. The first-order valence-corrected chi connectivity index (χ1v) is 7.04. The van der Waals surface area contributed by atoms with E-state index in [1.54, 1.807) is 17.5 Å². The summed E-state index contributed by atoms with van der Waals surface area (Å²) < 4.78 is 0. The minimum atomic E-state index is -0.773. The second-order valence-electron chi connectivity index (χ2n) is 4.16. The molecule has 1 aromatic rings. The van der Waals surface area contributed by atoms with Crippen molar-refractivity contribution in [1.29, 1.82) is 0 Å². The first-order valence-electron chi connectivity index (χ1n) is 6.22. The first-order chi connectivity index (χ1) is 9.08. The Morgan fingerprint density at radius 3 is 2.74 bits per heavy atom. The Morgan fingerprint density at radius 1 is 1.32 bits per heavy atom. The second-order valence-corrected chi connectivity index (χ2v) is 5.48. The molecular formula is C12H19N3O3S. The number of aryl methyl sites for hydroxylation is 1. The number of carboxylic acid groups (broad SMARTS) is 1. The fraction of sp³-hybridized carbons (Fsp3) is 0.583. The summed E-state index contributed by atoms with van der Waals surface area (Å²) in [5.74, 6) is -0.773. The average molecular weight is 285 g/mol. The van der Waals surface area contributed by atoms with E-state index in [1.165, 1.54) is 0 Å². The lowest BCUT2D eigenvalue weighted by Crippen LogP contribution is -2.35. The van der Waals surface area contributed by atoms with E-state index in [0.29, 0.717) is 19.5 Å². The monoisotopic (exact) mass is 285 g/mol. The van der Waals surface area contributed by atoms with Gasteiger partial charge in [-0.05, 0) is 19.8 Å². The molecule has 1 heterocycles. The third kappa shape index (κ3) is 7.40. The number of unbranched alkanes of at least 4 members (excludes halogenated alkanes) is 2. The first kappa shape index (κ1) is 15.4. The molecule has 0 radical (unpaired) electrons. The van der Waals surface area contributed by atoms with Gasteiger partial charge in [0.1, 0.15) is 0 Å². The summed E-state index contributed by atoms with van der Waals surface area (Å²) in [7, 11) is 0. The van der Waals surface area contributed by atoms with Crippen molar-refractivity contribution in [3.63, 3.8) is 0 Å². The van der Waals surface area contributed by atoms with Gasteiger partial charge in [0.2, 0.25) is 0 Å². The molecule has 0 bridgehead atoms. The van der Waals surface area contributed by atoms with E-state index in [0.717, 1.165) is 22.7 Å². The van der Waals surface area contributed by atoms with Crippen LogP contribution in [0.5, 0.6) is 0 Å². The molecule has 7 heteroatoms. The van der Waals surface area contributed by atoms with E-state index < -0.39 is 5.97 Å². The van der Waals surface area contributed by atoms with Crippen molar-refractivity contribution >= 4 is 23.3 Å². The SMILES string of the molecule is Cc1ncc(CNC(=O)NCCCCCC(=O)O)s1. The lowest BCUT2D eigenvalue weighted by molar-refractivity contribution is -0.137. The van der Waals surface area contributed by atoms with Crippen LogP contribution in [0, 0.1) is 6.92 Å². The van der Waals surface area contributed by atoms with E-state index in [1.807, 2.05) is 6.92 Å². The molecule has 1 rings (SSSR count). The Morgan fingerprint density at radius 2 is 2.11 bits per heavy atom. The molecular weight excluding hydrogens is 266 g/mol. The third-order valence-electron chi connectivity index (χ3n) is 2.45. The molecule has 0 fully saturated rings. The normalized spacial score (nSPS) is 10.2. The summed E-state index contributed by atoms with van der Waals surface area (Å²) >= 11 is 1.56. The Hall–Kier alpha value is -1.63. The predicted molar refractivity (Wildman–Crippen MR) is 73.2 cm³/mol. The molecule has 0 saturated carbocycles. The van der Waals surface area contributed by atoms with Crippen LogP contribution in [0.4, 0.5) is 4.79 Å². The van der Waals surface area contributed by atoms with Gasteiger partial charge in [0, 0.05) is 24.0 Å². The molecule has 2 amide bonds. The van der Waals surface area contributed by atoms with Gasteiger partial charge < -0.3 is 15.7 Å². The summed E-state index contributed by atoms with van der Waals surface area (Å²) in [4.78, 5) is 26.8. The molecule has 0 aromatic carbocycles. The van der Waals surface area contributed by atoms with Crippen molar-refractivity contribution in [2.24, 2.45) is 0 Å². The van der Waals surface area contributed by atoms with Crippen molar-refractivity contribution in [2.75, 3.05) is 6.54 Å². The van der Waals surface area contributed by atoms with Crippen LogP contribution in [0.3, 0.4) is 0 Å². The zero-order valence-corrected chi connectivity index (χ0v) is 11.8. The van der Waals surface area contributed by atoms with Crippen molar-refractivity contribution in [3.8, 4) is 0 Å². The lowest BCUT2D eigenvalue weighted by Gasteiger charge is -2.06. The van der Waals surface area contributed by atoms with Gasteiger partial charge in [-0.15, -0.1) is 11.3 Å². The van der Waals surface area contributed by atoms with Gasteiger partial charge in [0.25, 0.3) is 0 Å². The van der Waals surface area contributed by atoms with Crippen molar-refractivity contribution in [2.45, 2.75) is 39.2 Å². The number of rotatable bonds is 8. The van der Waals surface area contributed by atoms with Gasteiger partial charge in [-0.2, -0.15) is 0 Å². The van der Waals surface area contributed by atoms with Gasteiger partial charge in [-0.25, -0.2) is 9.78 Å². The smallest absolute Gasteiger partial charge is 0.315 e. The van der Waals surface area contributed by atoms with Crippen LogP contribution in [0.15, 0.2) is 6.20 Å². The van der Waals surface area contributed by atoms with E-state index in [4.69, 9.17) is 5.11 Å². The molecule has 0 aliphatic carbocycles. The van der Waals surface area contributed by atoms with Gasteiger partial charge in [-0.1, -0.05) is 6.42 Å². The number of urea groups is 1. The number of amides is 2. The van der Waals surface area contributed by atoms with Gasteiger partial charge in [0.15, 0.2) is 0 Å². The number of carbonyl (C=O) groups excluding carboxylic acids is 1. The summed E-state index contributed by atoms with van der Waals surface area (Å²) in [6.45, 7) is 2.97. The maximum atomic E-state index is 11.4. The molecule has 6 nitrogen and oxygen atoms in total. The number of carboxylic acids is 1. The maximum Gasteiger partial charge on any atom is 0.315 e. The quantitative estimate of drug-likeness (QED) is 0.636. The van der Waals surface area contributed by atoms with Crippen LogP contribution in [0.1, 0.15) is 35.6 Å². The Bertz CT molecular complexity index is 420. The van der Waals surface area contributed by atoms with Crippen LogP contribution in [-0.2, 0) is 11.3 Å². The topological polar surface area (TPSA) is 91.3 Å². The zero-order chi connectivity index (χ0) is 14.1. The summed E-state index contributed by atoms with van der Waals surface area (Å²) in [6.07, 6.45) is 4.20. The number of aliphatic carboxylic acids is 1. The number of hydrogen-bond donors (Lipinski definition) is 3. The molecule has 1 aromatic heterocycles. The molecule has 0 atom stereocenters. The number of nitrogens with zero attached hydrogens (tertiary/aromatic N) is 1. The Kier molecular flexibility index (Phi) is 6.88. The molecule has 0 spiro atoms. The van der Waals surface area contributed by atoms with Crippen LogP contribution < -0.4 is 10.6 Å². The van der Waals surface area contributed by atoms with Gasteiger partial charge in [-0.3, -0.25) is 4.79 Å². The zero-order valence-electron chi connectivity index (χ0n) is 10.9. The molecule has 0 unspecified atom stereocenters. The Labute approximate surface area is 116 Å². The van der Waals surface area contributed by atoms with E-state index in [-0.39, 0.29) is 12.5 Å². The van der Waals surface area contributed by atoms with Crippen LogP contribution in [0.25, 0.3) is 0 Å². The molecule has 0 saturated heterocycles. The highest BCUT2D eigenvalue weighted by Crippen LogP contribution is 2.10. The van der Waals surface area contributed by atoms with Gasteiger partial charge >= 0.3 is 12.0 Å². The van der Waals surface area contributed by atoms with Gasteiger partial charge in [0.05, 0.1) is 11.6 Å². The number of hydrogen-bond acceptors (Lipinski definition) is 4. The molecule has 3 N–H and O–H groups in total. The molecule has 106 valence electrons. The maximum absolute atomic E-state index is 11.4. The van der Waals surface area contributed by atoms with E-state index in [9.17, 15) is 9.59 Å². The van der Waals surface area contributed by atoms with Crippen LogP contribution in [0.2, 0.25) is 0 Å². The van der Waals surface area contributed by atoms with E-state index in [2.05, 4.69) is 15.6 Å². The number of aromatic nitrogens is 1. The summed E-state index contributed by atoms with van der Waals surface area (Å²) in [6, 6.07) is -0.204. The van der Waals surface area contributed by atoms with E-state index >= 15 is 0 Å². The number of carbonyl (C=O) groups is 2. The van der Waals surface area contributed by atoms with Crippen molar-refractivity contribution < 1.29 is 14.7 Å². The highest BCUT2D eigenvalue weighted by Gasteiger charge is 2.02. The second kappa shape index (κ2) is 8.47. The van der Waals surface area contributed by atoms with Crippen LogP contribution in [-0.4, -0.2) is 28.6 Å². The summed E-state index contributed by atoms with van der Waals surface area (Å²) in [5, 5.41) is 14.9. The highest BCUT2D eigenvalue weighted by molar-refractivity contribution is 7.11. The van der Waals surface area contributed by atoms with Crippen molar-refractivity contribution in [3.05, 3.63) is 16.1 Å². The average Bonchev–Trinajstić information content (AvgIpc) is 2.76. The minimum Gasteiger partial charge on any atom is -0.481 e. The largest absolute Gasteiger partial charge is 0.481 e. The minimum absolute atomic E-state index is 0.191. The third-order valence-corrected chi connectivity index (χ3v) is 3.36. The highest BCUT2D eigenvalue weighted by atomic mass is 32.1.